The Morgan fingerprint density at radius 2 is 1.85 bits per heavy atom. The summed E-state index contributed by atoms with van der Waals surface area (Å²) >= 11 is 12.0. The molecule has 0 atom stereocenters. The van der Waals surface area contributed by atoms with Crippen molar-refractivity contribution in [1.82, 2.24) is 0 Å². The van der Waals surface area contributed by atoms with Crippen molar-refractivity contribution in [2.75, 3.05) is 5.73 Å². The molecule has 0 radical (unpaired) electrons. The first kappa shape index (κ1) is 14.7. The van der Waals surface area contributed by atoms with E-state index in [1.165, 1.54) is 0 Å². The topological polar surface area (TPSA) is 52.3 Å². The molecule has 0 bridgehead atoms. The van der Waals surface area contributed by atoms with Crippen LogP contribution in [-0.2, 0) is 11.3 Å². The molecule has 0 aliphatic carbocycles. The van der Waals surface area contributed by atoms with Crippen molar-refractivity contribution in [3.63, 3.8) is 0 Å². The maximum Gasteiger partial charge on any atom is 0.338 e. The molecule has 0 aliphatic rings. The maximum absolute atomic E-state index is 11.9. The first-order valence-electron chi connectivity index (χ1n) is 5.95. The van der Waals surface area contributed by atoms with Gasteiger partial charge in [0, 0.05) is 21.3 Å². The Labute approximate surface area is 127 Å². The average Bonchev–Trinajstić information content (AvgIpc) is 2.41. The quantitative estimate of drug-likeness (QED) is 0.681. The van der Waals surface area contributed by atoms with Gasteiger partial charge in [0.1, 0.15) is 6.61 Å². The van der Waals surface area contributed by atoms with Gasteiger partial charge in [0.05, 0.1) is 5.56 Å². The third-order valence-corrected chi connectivity index (χ3v) is 3.63. The van der Waals surface area contributed by atoms with Gasteiger partial charge in [-0.05, 0) is 36.8 Å². The minimum atomic E-state index is -0.465. The number of esters is 1. The van der Waals surface area contributed by atoms with Gasteiger partial charge in [0.2, 0.25) is 0 Å². The Balaban J connectivity index is 2.11. The Morgan fingerprint density at radius 3 is 2.45 bits per heavy atom. The van der Waals surface area contributed by atoms with Crippen LogP contribution < -0.4 is 5.73 Å². The van der Waals surface area contributed by atoms with Crippen LogP contribution >= 0.6 is 23.2 Å². The van der Waals surface area contributed by atoms with Gasteiger partial charge in [0.15, 0.2) is 0 Å². The highest BCUT2D eigenvalue weighted by molar-refractivity contribution is 6.35. The molecule has 2 aromatic carbocycles. The van der Waals surface area contributed by atoms with Crippen LogP contribution in [0.25, 0.3) is 0 Å². The number of benzene rings is 2. The number of hydrogen-bond donors (Lipinski definition) is 1. The van der Waals surface area contributed by atoms with E-state index in [0.29, 0.717) is 26.9 Å². The number of anilines is 1. The number of carbonyl (C=O) groups is 1. The minimum absolute atomic E-state index is 0.0190. The van der Waals surface area contributed by atoms with Gasteiger partial charge in [-0.1, -0.05) is 35.3 Å². The molecule has 0 amide bonds. The van der Waals surface area contributed by atoms with E-state index >= 15 is 0 Å². The molecule has 0 spiro atoms. The Morgan fingerprint density at radius 1 is 1.20 bits per heavy atom. The normalized spacial score (nSPS) is 10.3. The summed E-state index contributed by atoms with van der Waals surface area (Å²) in [6.45, 7) is 1.89. The molecule has 2 rings (SSSR count). The Bertz CT molecular complexity index is 636. The number of nitrogens with two attached hydrogens (primary N) is 1. The van der Waals surface area contributed by atoms with Crippen molar-refractivity contribution >= 4 is 34.9 Å². The lowest BCUT2D eigenvalue weighted by Gasteiger charge is -2.09. The molecule has 0 aromatic heterocycles. The van der Waals surface area contributed by atoms with Crippen LogP contribution in [0.3, 0.4) is 0 Å². The summed E-state index contributed by atoms with van der Waals surface area (Å²) in [5.74, 6) is -0.465. The predicted octanol–water partition coefficient (Wildman–Crippen LogP) is 4.24. The summed E-state index contributed by atoms with van der Waals surface area (Å²) in [6.07, 6.45) is 0. The van der Waals surface area contributed by atoms with Crippen molar-refractivity contribution in [3.8, 4) is 0 Å². The SMILES string of the molecule is Cc1ccc(C(=O)OCc2c(Cl)cccc2Cl)cc1N. The zero-order valence-electron chi connectivity index (χ0n) is 10.8. The van der Waals surface area contributed by atoms with E-state index in [9.17, 15) is 4.79 Å². The van der Waals surface area contributed by atoms with Crippen LogP contribution in [0.4, 0.5) is 5.69 Å². The van der Waals surface area contributed by atoms with E-state index in [-0.39, 0.29) is 6.61 Å². The molecule has 0 unspecified atom stereocenters. The van der Waals surface area contributed by atoms with Gasteiger partial charge in [-0.3, -0.25) is 0 Å². The van der Waals surface area contributed by atoms with Crippen molar-refractivity contribution in [1.29, 1.82) is 0 Å². The number of ether oxygens (including phenoxy) is 1. The van der Waals surface area contributed by atoms with E-state index < -0.39 is 5.97 Å². The van der Waals surface area contributed by atoms with Crippen molar-refractivity contribution in [2.45, 2.75) is 13.5 Å². The standard InChI is InChI=1S/C15H13Cl2NO2/c1-9-5-6-10(7-14(9)18)15(19)20-8-11-12(16)3-2-4-13(11)17/h2-7H,8,18H2,1H3. The summed E-state index contributed by atoms with van der Waals surface area (Å²) in [5.41, 5.74) is 8.21. The Hall–Kier alpha value is -1.71. The predicted molar refractivity (Wildman–Crippen MR) is 81.2 cm³/mol. The lowest BCUT2D eigenvalue weighted by Crippen LogP contribution is -2.07. The molecular formula is C15H13Cl2NO2. The van der Waals surface area contributed by atoms with E-state index in [2.05, 4.69) is 0 Å². The van der Waals surface area contributed by atoms with E-state index in [0.717, 1.165) is 5.56 Å². The number of aryl methyl sites for hydroxylation is 1. The van der Waals surface area contributed by atoms with E-state index in [1.807, 2.05) is 6.92 Å². The molecular weight excluding hydrogens is 297 g/mol. The van der Waals surface area contributed by atoms with Gasteiger partial charge in [-0.15, -0.1) is 0 Å². The molecule has 0 saturated heterocycles. The smallest absolute Gasteiger partial charge is 0.338 e. The summed E-state index contributed by atoms with van der Waals surface area (Å²) in [6, 6.07) is 10.2. The Kier molecular flexibility index (Phi) is 4.53. The lowest BCUT2D eigenvalue weighted by molar-refractivity contribution is 0.0473. The van der Waals surface area contributed by atoms with Gasteiger partial charge in [0.25, 0.3) is 0 Å². The van der Waals surface area contributed by atoms with Gasteiger partial charge < -0.3 is 10.5 Å². The molecule has 0 aliphatic heterocycles. The van der Waals surface area contributed by atoms with Crippen LogP contribution in [0.5, 0.6) is 0 Å². The second-order valence-corrected chi connectivity index (χ2v) is 5.16. The maximum atomic E-state index is 11.9. The fraction of sp³-hybridized carbons (Fsp3) is 0.133. The molecule has 104 valence electrons. The molecule has 2 aromatic rings. The number of hydrogen-bond acceptors (Lipinski definition) is 3. The van der Waals surface area contributed by atoms with Crippen molar-refractivity contribution in [3.05, 3.63) is 63.1 Å². The first-order chi connectivity index (χ1) is 9.49. The third kappa shape index (κ3) is 3.24. The van der Waals surface area contributed by atoms with Crippen molar-refractivity contribution < 1.29 is 9.53 Å². The zero-order valence-corrected chi connectivity index (χ0v) is 12.3. The van der Waals surface area contributed by atoms with Crippen LogP contribution in [0.2, 0.25) is 10.0 Å². The van der Waals surface area contributed by atoms with E-state index in [4.69, 9.17) is 33.7 Å². The second kappa shape index (κ2) is 6.16. The summed E-state index contributed by atoms with van der Waals surface area (Å²) in [4.78, 5) is 11.9. The number of nitrogen functional groups attached to an aromatic ring is 1. The largest absolute Gasteiger partial charge is 0.457 e. The lowest BCUT2D eigenvalue weighted by atomic mass is 10.1. The fourth-order valence-electron chi connectivity index (χ4n) is 1.66. The molecule has 0 fully saturated rings. The zero-order chi connectivity index (χ0) is 14.7. The third-order valence-electron chi connectivity index (χ3n) is 2.92. The number of carbonyl (C=O) groups excluding carboxylic acids is 1. The van der Waals surface area contributed by atoms with Crippen LogP contribution in [0.1, 0.15) is 21.5 Å². The summed E-state index contributed by atoms with van der Waals surface area (Å²) in [5, 5.41) is 0.933. The molecule has 20 heavy (non-hydrogen) atoms. The van der Waals surface area contributed by atoms with Gasteiger partial charge in [-0.25, -0.2) is 4.79 Å². The van der Waals surface area contributed by atoms with Crippen LogP contribution in [0, 0.1) is 6.92 Å². The minimum Gasteiger partial charge on any atom is -0.457 e. The number of rotatable bonds is 3. The summed E-state index contributed by atoms with van der Waals surface area (Å²) in [7, 11) is 0. The fourth-order valence-corrected chi connectivity index (χ4v) is 2.17. The highest BCUT2D eigenvalue weighted by Crippen LogP contribution is 2.25. The molecule has 5 heteroatoms. The molecule has 0 heterocycles. The molecule has 0 saturated carbocycles. The van der Waals surface area contributed by atoms with E-state index in [1.54, 1.807) is 36.4 Å². The highest BCUT2D eigenvalue weighted by Gasteiger charge is 2.11. The summed E-state index contributed by atoms with van der Waals surface area (Å²) < 4.78 is 5.21. The van der Waals surface area contributed by atoms with Gasteiger partial charge >= 0.3 is 5.97 Å². The first-order valence-corrected chi connectivity index (χ1v) is 6.71. The highest BCUT2D eigenvalue weighted by atomic mass is 35.5. The second-order valence-electron chi connectivity index (χ2n) is 4.35. The van der Waals surface area contributed by atoms with Gasteiger partial charge in [-0.2, -0.15) is 0 Å². The monoisotopic (exact) mass is 309 g/mol. The molecule has 2 N–H and O–H groups in total. The molecule has 3 nitrogen and oxygen atoms in total. The average molecular weight is 310 g/mol. The van der Waals surface area contributed by atoms with Crippen molar-refractivity contribution in [2.24, 2.45) is 0 Å². The van der Waals surface area contributed by atoms with Crippen LogP contribution in [-0.4, -0.2) is 5.97 Å². The van der Waals surface area contributed by atoms with Crippen LogP contribution in [0.15, 0.2) is 36.4 Å². The number of halogens is 2.